The van der Waals surface area contributed by atoms with Crippen LogP contribution in [0.4, 0.5) is 8.78 Å². The van der Waals surface area contributed by atoms with Crippen molar-refractivity contribution in [1.82, 2.24) is 0 Å². The van der Waals surface area contributed by atoms with Crippen LogP contribution in [0.15, 0.2) is 48.5 Å². The van der Waals surface area contributed by atoms with Gasteiger partial charge >= 0.3 is 5.97 Å². The highest BCUT2D eigenvalue weighted by atomic mass is 19.3. The van der Waals surface area contributed by atoms with Gasteiger partial charge in [0.2, 0.25) is 6.43 Å². The Bertz CT molecular complexity index is 821. The maximum absolute atomic E-state index is 13.5. The molecule has 34 heavy (non-hydrogen) atoms. The number of alkyl halides is 2. The molecule has 4 nitrogen and oxygen atoms in total. The molecule has 0 fully saturated rings. The summed E-state index contributed by atoms with van der Waals surface area (Å²) in [7, 11) is 0. The van der Waals surface area contributed by atoms with E-state index in [2.05, 4.69) is 6.92 Å². The molecule has 0 saturated heterocycles. The van der Waals surface area contributed by atoms with Gasteiger partial charge < -0.3 is 14.2 Å². The van der Waals surface area contributed by atoms with Crippen LogP contribution in [0.3, 0.4) is 0 Å². The maximum atomic E-state index is 13.5. The Kier molecular flexibility index (Phi) is 12.6. The third-order valence-electron chi connectivity index (χ3n) is 5.65. The highest BCUT2D eigenvalue weighted by Gasteiger charge is 2.23. The van der Waals surface area contributed by atoms with Crippen LogP contribution in [-0.4, -0.2) is 31.7 Å². The lowest BCUT2D eigenvalue weighted by atomic mass is 10.0. The van der Waals surface area contributed by atoms with Gasteiger partial charge in [-0.2, -0.15) is 0 Å². The molecular weight excluding hydrogens is 438 g/mol. The Morgan fingerprint density at radius 3 is 2.12 bits per heavy atom. The molecule has 2 aromatic carbocycles. The van der Waals surface area contributed by atoms with Crippen molar-refractivity contribution in [3.8, 4) is 11.5 Å². The van der Waals surface area contributed by atoms with Crippen molar-refractivity contribution in [2.45, 2.75) is 84.2 Å². The van der Waals surface area contributed by atoms with E-state index < -0.39 is 18.3 Å². The first kappa shape index (κ1) is 27.8. The summed E-state index contributed by atoms with van der Waals surface area (Å²) in [4.78, 5) is 12.5. The van der Waals surface area contributed by atoms with Gasteiger partial charge in [-0.05, 0) is 68.1 Å². The molecule has 0 N–H and O–H groups in total. The fourth-order valence-electron chi connectivity index (χ4n) is 3.54. The second-order valence-corrected chi connectivity index (χ2v) is 8.63. The molecule has 1 unspecified atom stereocenters. The fourth-order valence-corrected chi connectivity index (χ4v) is 3.54. The number of rotatable bonds is 16. The van der Waals surface area contributed by atoms with Crippen LogP contribution in [0.1, 0.15) is 87.6 Å². The highest BCUT2D eigenvalue weighted by molar-refractivity contribution is 5.91. The Morgan fingerprint density at radius 1 is 0.853 bits per heavy atom. The van der Waals surface area contributed by atoms with E-state index in [1.165, 1.54) is 31.4 Å². The van der Waals surface area contributed by atoms with Gasteiger partial charge in [0.25, 0.3) is 0 Å². The van der Waals surface area contributed by atoms with Crippen LogP contribution in [0.25, 0.3) is 0 Å². The van der Waals surface area contributed by atoms with E-state index in [4.69, 9.17) is 14.2 Å². The zero-order chi connectivity index (χ0) is 24.8. The second kappa shape index (κ2) is 15.4. The molecule has 0 bridgehead atoms. The number of hydrogen-bond donors (Lipinski definition) is 0. The highest BCUT2D eigenvalue weighted by Crippen LogP contribution is 2.26. The van der Waals surface area contributed by atoms with E-state index in [0.717, 1.165) is 25.7 Å². The first-order valence-electron chi connectivity index (χ1n) is 12.4. The number of benzene rings is 2. The van der Waals surface area contributed by atoms with E-state index in [1.54, 1.807) is 36.4 Å². The van der Waals surface area contributed by atoms with E-state index in [0.29, 0.717) is 29.2 Å². The van der Waals surface area contributed by atoms with Gasteiger partial charge in [-0.3, -0.25) is 0 Å². The number of ether oxygens (including phenoxy) is 3. The lowest BCUT2D eigenvalue weighted by Crippen LogP contribution is -2.16. The second-order valence-electron chi connectivity index (χ2n) is 8.63. The number of unbranched alkanes of at least 4 members (excludes halogenated alkanes) is 4. The smallest absolute Gasteiger partial charge is 0.343 e. The van der Waals surface area contributed by atoms with E-state index in [-0.39, 0.29) is 12.7 Å². The fraction of sp³-hybridized carbons (Fsp3) is 0.536. The molecular formula is C28H38F2O4. The molecule has 188 valence electrons. The SMILES string of the molecule is CCCCCCC(C)Oc1ccc(C(=O)Oc2ccc([C@H](COCCCC)C(F)F)cc2)cc1. The Morgan fingerprint density at radius 2 is 1.50 bits per heavy atom. The van der Waals surface area contributed by atoms with Crippen LogP contribution < -0.4 is 9.47 Å². The molecule has 2 aromatic rings. The standard InChI is InChI=1S/C28H38F2O4/c1-4-6-8-9-10-21(3)33-24-17-13-23(14-18-24)28(31)34-25-15-11-22(12-16-25)26(27(29)30)20-32-19-7-5-2/h11-18,21,26-27H,4-10,19-20H2,1-3H3/t21?,26-/m0/s1. The van der Waals surface area contributed by atoms with Gasteiger partial charge in [0.15, 0.2) is 0 Å². The summed E-state index contributed by atoms with van der Waals surface area (Å²) < 4.78 is 43.6. The number of carbonyl (C=O) groups excluding carboxylic acids is 1. The van der Waals surface area contributed by atoms with Gasteiger partial charge in [0.1, 0.15) is 11.5 Å². The van der Waals surface area contributed by atoms with Crippen molar-refractivity contribution in [3.63, 3.8) is 0 Å². The predicted octanol–water partition coefficient (Wildman–Crippen LogP) is 7.81. The molecule has 0 aromatic heterocycles. The third-order valence-corrected chi connectivity index (χ3v) is 5.65. The summed E-state index contributed by atoms with van der Waals surface area (Å²) in [6.45, 7) is 6.69. The minimum Gasteiger partial charge on any atom is -0.491 e. The monoisotopic (exact) mass is 476 g/mol. The molecule has 0 radical (unpaired) electrons. The van der Waals surface area contributed by atoms with Gasteiger partial charge in [-0.15, -0.1) is 0 Å². The minimum atomic E-state index is -2.53. The average molecular weight is 477 g/mol. The van der Waals surface area contributed by atoms with Crippen LogP contribution in [0.5, 0.6) is 11.5 Å². The Hall–Kier alpha value is -2.47. The van der Waals surface area contributed by atoms with Crippen molar-refractivity contribution < 1.29 is 27.8 Å². The van der Waals surface area contributed by atoms with Gasteiger partial charge in [-0.25, -0.2) is 13.6 Å². The van der Waals surface area contributed by atoms with Gasteiger partial charge in [0, 0.05) is 6.61 Å². The van der Waals surface area contributed by atoms with Crippen LogP contribution >= 0.6 is 0 Å². The zero-order valence-electron chi connectivity index (χ0n) is 20.6. The third kappa shape index (κ3) is 9.80. The van der Waals surface area contributed by atoms with Crippen LogP contribution in [0.2, 0.25) is 0 Å². The predicted molar refractivity (Wildman–Crippen MR) is 131 cm³/mol. The lowest BCUT2D eigenvalue weighted by Gasteiger charge is -2.17. The summed E-state index contributed by atoms with van der Waals surface area (Å²) >= 11 is 0. The van der Waals surface area contributed by atoms with Crippen molar-refractivity contribution in [2.75, 3.05) is 13.2 Å². The zero-order valence-corrected chi connectivity index (χ0v) is 20.6. The summed E-state index contributed by atoms with van der Waals surface area (Å²) in [5.74, 6) is -0.513. The van der Waals surface area contributed by atoms with Crippen LogP contribution in [0, 0.1) is 0 Å². The van der Waals surface area contributed by atoms with Crippen molar-refractivity contribution in [2.24, 2.45) is 0 Å². The van der Waals surface area contributed by atoms with E-state index >= 15 is 0 Å². The first-order valence-corrected chi connectivity index (χ1v) is 12.4. The molecule has 0 aliphatic carbocycles. The number of carbonyl (C=O) groups is 1. The molecule has 0 heterocycles. The maximum Gasteiger partial charge on any atom is 0.343 e. The number of halogens is 2. The molecule has 2 rings (SSSR count). The lowest BCUT2D eigenvalue weighted by molar-refractivity contribution is 0.0425. The van der Waals surface area contributed by atoms with Crippen molar-refractivity contribution in [1.29, 1.82) is 0 Å². The molecule has 0 aliphatic rings. The molecule has 6 heteroatoms. The van der Waals surface area contributed by atoms with E-state index in [9.17, 15) is 13.6 Å². The Balaban J connectivity index is 1.87. The van der Waals surface area contributed by atoms with Crippen LogP contribution in [-0.2, 0) is 4.74 Å². The topological polar surface area (TPSA) is 44.8 Å². The number of hydrogen-bond acceptors (Lipinski definition) is 4. The molecule has 0 amide bonds. The quantitative estimate of drug-likeness (QED) is 0.141. The van der Waals surface area contributed by atoms with Gasteiger partial charge in [0.05, 0.1) is 24.2 Å². The van der Waals surface area contributed by atoms with E-state index in [1.807, 2.05) is 13.8 Å². The minimum absolute atomic E-state index is 0.0391. The molecule has 0 saturated carbocycles. The summed E-state index contributed by atoms with van der Waals surface area (Å²) in [6, 6.07) is 13.0. The Labute approximate surface area is 202 Å². The largest absolute Gasteiger partial charge is 0.491 e. The first-order chi connectivity index (χ1) is 16.4. The van der Waals surface area contributed by atoms with Gasteiger partial charge in [-0.1, -0.05) is 51.7 Å². The average Bonchev–Trinajstić information content (AvgIpc) is 2.83. The summed E-state index contributed by atoms with van der Waals surface area (Å²) in [6.07, 6.45) is 5.18. The van der Waals surface area contributed by atoms with Crippen molar-refractivity contribution in [3.05, 3.63) is 59.7 Å². The molecule has 2 atom stereocenters. The summed E-state index contributed by atoms with van der Waals surface area (Å²) in [5.41, 5.74) is 0.846. The number of esters is 1. The van der Waals surface area contributed by atoms with Crippen molar-refractivity contribution >= 4 is 5.97 Å². The molecule has 0 aliphatic heterocycles. The summed E-state index contributed by atoms with van der Waals surface area (Å²) in [5, 5.41) is 0. The molecule has 0 spiro atoms. The normalized spacial score (nSPS) is 13.0.